The Morgan fingerprint density at radius 3 is 1.38 bits per heavy atom. The topological polar surface area (TPSA) is 0 Å². The Balaban J connectivity index is 3.09. The van der Waals surface area contributed by atoms with Gasteiger partial charge in [-0.2, -0.15) is 0 Å². The van der Waals surface area contributed by atoms with Crippen LogP contribution in [0.2, 0.25) is 0 Å². The van der Waals surface area contributed by atoms with Crippen LogP contribution in [0.5, 0.6) is 0 Å². The molecule has 0 amide bonds. The molecule has 0 rings (SSSR count). The van der Waals surface area contributed by atoms with Crippen LogP contribution < -0.4 is 0 Å². The molecule has 0 nitrogen and oxygen atoms in total. The maximum atomic E-state index is 3.90. The third-order valence-electron chi connectivity index (χ3n) is 4.75. The molecule has 0 spiro atoms. The van der Waals surface area contributed by atoms with E-state index in [0.29, 0.717) is 0 Å². The number of unbranched alkanes of at least 4 members (excludes halogenated alkanes) is 13. The van der Waals surface area contributed by atoms with Gasteiger partial charge in [-0.25, -0.2) is 0 Å². The van der Waals surface area contributed by atoms with Crippen molar-refractivity contribution in [2.75, 3.05) is 0 Å². The summed E-state index contributed by atoms with van der Waals surface area (Å²) in [4.78, 5) is 0. The van der Waals surface area contributed by atoms with Crippen molar-refractivity contribution in [1.29, 1.82) is 0 Å². The van der Waals surface area contributed by atoms with E-state index in [1.807, 2.05) is 0 Å². The molecule has 0 heteroatoms. The zero-order chi connectivity index (χ0) is 15.6. The van der Waals surface area contributed by atoms with Crippen LogP contribution in [0.15, 0.2) is 0 Å². The molecule has 21 heavy (non-hydrogen) atoms. The molecule has 0 fully saturated rings. The van der Waals surface area contributed by atoms with Gasteiger partial charge < -0.3 is 0 Å². The standard InChI is InChI=1S/C21H43/c1-4-6-8-10-11-12-13-14-16-18-20-21(3)19-17-15-9-7-5-2/h21H,1,4-20H2,2-3H3. The SMILES string of the molecule is [CH2]CCCCCCCCCCCC(C)CCCCCCC. The van der Waals surface area contributed by atoms with Crippen molar-refractivity contribution >= 4 is 0 Å². The smallest absolute Gasteiger partial charge is 0.0443 e. The second-order valence-corrected chi connectivity index (χ2v) is 7.13. The molecule has 0 aliphatic carbocycles. The number of rotatable bonds is 17. The molecule has 0 aliphatic heterocycles. The fourth-order valence-corrected chi connectivity index (χ4v) is 3.15. The van der Waals surface area contributed by atoms with Crippen LogP contribution in [0.1, 0.15) is 123 Å². The van der Waals surface area contributed by atoms with Crippen LogP contribution in [0, 0.1) is 12.8 Å². The van der Waals surface area contributed by atoms with E-state index in [0.717, 1.165) is 12.3 Å². The van der Waals surface area contributed by atoms with Crippen molar-refractivity contribution in [2.24, 2.45) is 5.92 Å². The van der Waals surface area contributed by atoms with E-state index in [9.17, 15) is 0 Å². The summed E-state index contributed by atoms with van der Waals surface area (Å²) in [5, 5.41) is 0. The summed E-state index contributed by atoms with van der Waals surface area (Å²) < 4.78 is 0. The second-order valence-electron chi connectivity index (χ2n) is 7.13. The largest absolute Gasteiger partial charge is 0.0654 e. The Kier molecular flexibility index (Phi) is 18.1. The second kappa shape index (κ2) is 18.1. The van der Waals surface area contributed by atoms with Gasteiger partial charge in [0.05, 0.1) is 0 Å². The highest BCUT2D eigenvalue weighted by molar-refractivity contribution is 4.56. The van der Waals surface area contributed by atoms with E-state index in [-0.39, 0.29) is 0 Å². The molecule has 127 valence electrons. The lowest BCUT2D eigenvalue weighted by atomic mass is 9.96. The zero-order valence-electron chi connectivity index (χ0n) is 15.3. The first-order chi connectivity index (χ1) is 10.3. The minimum atomic E-state index is 0.967. The third-order valence-corrected chi connectivity index (χ3v) is 4.75. The van der Waals surface area contributed by atoms with E-state index in [1.165, 1.54) is 103 Å². The predicted octanol–water partition coefficient (Wildman–Crippen LogP) is 8.11. The maximum Gasteiger partial charge on any atom is -0.0443 e. The van der Waals surface area contributed by atoms with Crippen molar-refractivity contribution in [3.05, 3.63) is 6.92 Å². The minimum Gasteiger partial charge on any atom is -0.0654 e. The van der Waals surface area contributed by atoms with E-state index in [2.05, 4.69) is 20.8 Å². The quantitative estimate of drug-likeness (QED) is 0.238. The van der Waals surface area contributed by atoms with Gasteiger partial charge in [0.25, 0.3) is 0 Å². The van der Waals surface area contributed by atoms with Gasteiger partial charge in [0.1, 0.15) is 0 Å². The molecule has 1 unspecified atom stereocenters. The first kappa shape index (κ1) is 21.0. The van der Waals surface area contributed by atoms with Crippen LogP contribution >= 0.6 is 0 Å². The molecule has 0 N–H and O–H groups in total. The monoisotopic (exact) mass is 295 g/mol. The Bertz CT molecular complexity index is 173. The summed E-state index contributed by atoms with van der Waals surface area (Å²) in [5.74, 6) is 0.967. The fraction of sp³-hybridized carbons (Fsp3) is 0.952. The molecular formula is C21H43. The summed E-state index contributed by atoms with van der Waals surface area (Å²) in [5.41, 5.74) is 0. The van der Waals surface area contributed by atoms with Crippen LogP contribution in [0.3, 0.4) is 0 Å². The number of hydrogen-bond donors (Lipinski definition) is 0. The van der Waals surface area contributed by atoms with Crippen molar-refractivity contribution < 1.29 is 0 Å². The predicted molar refractivity (Wildman–Crippen MR) is 98.7 cm³/mol. The highest BCUT2D eigenvalue weighted by Gasteiger charge is 2.02. The van der Waals surface area contributed by atoms with Crippen LogP contribution in [-0.4, -0.2) is 0 Å². The molecule has 0 aliphatic rings. The fourth-order valence-electron chi connectivity index (χ4n) is 3.15. The van der Waals surface area contributed by atoms with E-state index in [4.69, 9.17) is 0 Å². The summed E-state index contributed by atoms with van der Waals surface area (Å²) in [6.07, 6.45) is 24.2. The summed E-state index contributed by atoms with van der Waals surface area (Å²) in [6.45, 7) is 8.66. The van der Waals surface area contributed by atoms with Crippen LogP contribution in [0.4, 0.5) is 0 Å². The molecule has 0 bridgehead atoms. The molecule has 1 atom stereocenters. The first-order valence-electron chi connectivity index (χ1n) is 10.1. The Morgan fingerprint density at radius 1 is 0.571 bits per heavy atom. The van der Waals surface area contributed by atoms with E-state index < -0.39 is 0 Å². The highest BCUT2D eigenvalue weighted by atomic mass is 14.1. The summed E-state index contributed by atoms with van der Waals surface area (Å²) in [7, 11) is 0. The van der Waals surface area contributed by atoms with Gasteiger partial charge in [-0.1, -0.05) is 130 Å². The van der Waals surface area contributed by atoms with Gasteiger partial charge in [0, 0.05) is 0 Å². The maximum absolute atomic E-state index is 3.90. The van der Waals surface area contributed by atoms with Crippen LogP contribution in [0.25, 0.3) is 0 Å². The Hall–Kier alpha value is 0. The molecule has 0 heterocycles. The summed E-state index contributed by atoms with van der Waals surface area (Å²) in [6, 6.07) is 0. The third kappa shape index (κ3) is 18.0. The Labute approximate surface area is 136 Å². The average molecular weight is 296 g/mol. The molecular weight excluding hydrogens is 252 g/mol. The van der Waals surface area contributed by atoms with E-state index in [1.54, 1.807) is 0 Å². The molecule has 0 aromatic heterocycles. The van der Waals surface area contributed by atoms with Crippen molar-refractivity contribution in [2.45, 2.75) is 123 Å². The lowest BCUT2D eigenvalue weighted by Gasteiger charge is -2.11. The first-order valence-corrected chi connectivity index (χ1v) is 10.1. The molecule has 0 saturated heterocycles. The van der Waals surface area contributed by atoms with Gasteiger partial charge in [-0.15, -0.1) is 0 Å². The van der Waals surface area contributed by atoms with Gasteiger partial charge in [0.2, 0.25) is 0 Å². The van der Waals surface area contributed by atoms with Crippen molar-refractivity contribution in [3.63, 3.8) is 0 Å². The molecule has 0 aromatic rings. The van der Waals surface area contributed by atoms with Crippen molar-refractivity contribution in [1.82, 2.24) is 0 Å². The normalized spacial score (nSPS) is 12.7. The molecule has 1 radical (unpaired) electrons. The zero-order valence-corrected chi connectivity index (χ0v) is 15.3. The van der Waals surface area contributed by atoms with Gasteiger partial charge >= 0.3 is 0 Å². The number of hydrogen-bond acceptors (Lipinski definition) is 0. The molecule has 0 saturated carbocycles. The average Bonchev–Trinajstić information content (AvgIpc) is 2.49. The van der Waals surface area contributed by atoms with Gasteiger partial charge in [-0.05, 0) is 5.92 Å². The highest BCUT2D eigenvalue weighted by Crippen LogP contribution is 2.18. The van der Waals surface area contributed by atoms with Crippen LogP contribution in [-0.2, 0) is 0 Å². The minimum absolute atomic E-state index is 0.967. The molecule has 0 aromatic carbocycles. The Morgan fingerprint density at radius 2 is 0.952 bits per heavy atom. The van der Waals surface area contributed by atoms with Gasteiger partial charge in [-0.3, -0.25) is 0 Å². The lowest BCUT2D eigenvalue weighted by molar-refractivity contribution is 0.431. The summed E-state index contributed by atoms with van der Waals surface area (Å²) >= 11 is 0. The van der Waals surface area contributed by atoms with Crippen molar-refractivity contribution in [3.8, 4) is 0 Å². The van der Waals surface area contributed by atoms with E-state index >= 15 is 0 Å². The lowest BCUT2D eigenvalue weighted by Crippen LogP contribution is -1.95. The van der Waals surface area contributed by atoms with Gasteiger partial charge in [0.15, 0.2) is 0 Å².